The summed E-state index contributed by atoms with van der Waals surface area (Å²) in [6.45, 7) is 0. The number of carbonyl (C=O) groups excluding carboxylic acids is 1. The van der Waals surface area contributed by atoms with Gasteiger partial charge in [0, 0.05) is 21.3 Å². The fourth-order valence-electron chi connectivity index (χ4n) is 2.43. The molecule has 1 aromatic heterocycles. The number of aromatic nitrogens is 2. The molecule has 1 amide bonds. The number of benzene rings is 2. The lowest BCUT2D eigenvalue weighted by Gasteiger charge is -2.11. The van der Waals surface area contributed by atoms with Crippen LogP contribution in [0, 0.1) is 10.1 Å². The highest BCUT2D eigenvalue weighted by Gasteiger charge is 2.24. The van der Waals surface area contributed by atoms with E-state index in [0.29, 0.717) is 27.0 Å². The zero-order chi connectivity index (χ0) is 21.7. The Morgan fingerprint density at radius 2 is 1.70 bits per heavy atom. The van der Waals surface area contributed by atoms with Crippen molar-refractivity contribution in [2.24, 2.45) is 0 Å². The summed E-state index contributed by atoms with van der Waals surface area (Å²) in [6.07, 6.45) is 1.10. The molecule has 0 unspecified atom stereocenters. The van der Waals surface area contributed by atoms with Crippen LogP contribution in [0.4, 0.5) is 23.0 Å². The summed E-state index contributed by atoms with van der Waals surface area (Å²) in [5.74, 6) is -0.272. The van der Waals surface area contributed by atoms with E-state index < -0.39 is 16.5 Å². The van der Waals surface area contributed by atoms with Gasteiger partial charge >= 0.3 is 5.69 Å². The summed E-state index contributed by atoms with van der Waals surface area (Å²) < 4.78 is 5.03. The second-order valence-corrected chi connectivity index (χ2v) is 6.64. The molecule has 3 N–H and O–H groups in total. The van der Waals surface area contributed by atoms with Gasteiger partial charge in [0.2, 0.25) is 11.6 Å². The number of hydrazine groups is 1. The summed E-state index contributed by atoms with van der Waals surface area (Å²) in [5.41, 5.74) is 5.04. The fourth-order valence-corrected chi connectivity index (χ4v) is 2.95. The second kappa shape index (κ2) is 9.25. The summed E-state index contributed by atoms with van der Waals surface area (Å²) in [6, 6.07) is 10.9. The van der Waals surface area contributed by atoms with Crippen LogP contribution in [-0.4, -0.2) is 27.9 Å². The van der Waals surface area contributed by atoms with E-state index in [0.717, 1.165) is 6.33 Å². The van der Waals surface area contributed by atoms with Gasteiger partial charge in [-0.1, -0.05) is 23.2 Å². The molecule has 0 radical (unpaired) electrons. The molecular weight excluding hydrogens is 435 g/mol. The van der Waals surface area contributed by atoms with Crippen molar-refractivity contribution in [2.45, 2.75) is 0 Å². The number of nitrogens with one attached hydrogen (secondary N) is 3. The van der Waals surface area contributed by atoms with Crippen LogP contribution in [0.25, 0.3) is 0 Å². The molecule has 30 heavy (non-hydrogen) atoms. The molecule has 12 heteroatoms. The maximum atomic E-state index is 12.3. The van der Waals surface area contributed by atoms with E-state index >= 15 is 0 Å². The summed E-state index contributed by atoms with van der Waals surface area (Å²) in [4.78, 5) is 31.0. The van der Waals surface area contributed by atoms with Crippen molar-refractivity contribution in [2.75, 3.05) is 17.9 Å². The lowest BCUT2D eigenvalue weighted by atomic mass is 10.2. The Labute approximate surface area is 180 Å². The number of methoxy groups -OCH3 is 1. The van der Waals surface area contributed by atoms with E-state index in [9.17, 15) is 14.9 Å². The van der Waals surface area contributed by atoms with Crippen molar-refractivity contribution < 1.29 is 14.5 Å². The van der Waals surface area contributed by atoms with Gasteiger partial charge in [0.25, 0.3) is 5.91 Å². The first-order valence-corrected chi connectivity index (χ1v) is 9.06. The number of carbonyl (C=O) groups is 1. The van der Waals surface area contributed by atoms with E-state index in [2.05, 4.69) is 26.1 Å². The minimum atomic E-state index is -0.684. The first-order chi connectivity index (χ1) is 14.4. The normalized spacial score (nSPS) is 10.2. The van der Waals surface area contributed by atoms with Gasteiger partial charge in [0.05, 0.1) is 12.0 Å². The molecule has 1 heterocycles. The third-order valence-electron chi connectivity index (χ3n) is 3.78. The van der Waals surface area contributed by atoms with Gasteiger partial charge in [-0.05, 0) is 42.5 Å². The minimum Gasteiger partial charge on any atom is -0.497 e. The zero-order valence-corrected chi connectivity index (χ0v) is 16.9. The highest BCUT2D eigenvalue weighted by molar-refractivity contribution is 6.35. The van der Waals surface area contributed by atoms with Crippen LogP contribution < -0.4 is 20.9 Å². The molecule has 0 atom stereocenters. The number of hydrogen-bond donors (Lipinski definition) is 3. The average Bonchev–Trinajstić information content (AvgIpc) is 2.71. The van der Waals surface area contributed by atoms with Crippen molar-refractivity contribution in [1.82, 2.24) is 15.4 Å². The van der Waals surface area contributed by atoms with Gasteiger partial charge < -0.3 is 10.1 Å². The third-order valence-corrected chi connectivity index (χ3v) is 4.21. The van der Waals surface area contributed by atoms with Gasteiger partial charge in [-0.3, -0.25) is 25.8 Å². The number of nitro groups is 1. The standard InChI is InChI=1S/C18H14Cl2N6O4/c1-30-14-4-2-10(3-5-14)18(27)25-24-17-15(26(28)29)16(21-9-22-17)23-13-7-11(19)6-12(20)8-13/h2-9H,1H3,(H,25,27)(H2,21,22,23,24). The van der Waals surface area contributed by atoms with E-state index in [1.165, 1.54) is 25.3 Å². The topological polar surface area (TPSA) is 131 Å². The van der Waals surface area contributed by atoms with Gasteiger partial charge in [0.15, 0.2) is 0 Å². The van der Waals surface area contributed by atoms with Crippen LogP contribution in [0.1, 0.15) is 10.4 Å². The summed E-state index contributed by atoms with van der Waals surface area (Å²) in [5, 5.41) is 15.1. The number of amides is 1. The number of ether oxygens (including phenoxy) is 1. The van der Waals surface area contributed by atoms with Crippen LogP contribution in [0.15, 0.2) is 48.8 Å². The van der Waals surface area contributed by atoms with E-state index in [4.69, 9.17) is 27.9 Å². The molecule has 0 aliphatic carbocycles. The molecule has 0 aliphatic rings. The number of anilines is 3. The van der Waals surface area contributed by atoms with Crippen LogP contribution >= 0.6 is 23.2 Å². The van der Waals surface area contributed by atoms with Gasteiger partial charge in [0.1, 0.15) is 12.1 Å². The van der Waals surface area contributed by atoms with Crippen LogP contribution in [0.5, 0.6) is 5.75 Å². The van der Waals surface area contributed by atoms with Crippen molar-refractivity contribution in [3.8, 4) is 5.75 Å². The summed E-state index contributed by atoms with van der Waals surface area (Å²) in [7, 11) is 1.51. The monoisotopic (exact) mass is 448 g/mol. The number of rotatable bonds is 7. The maximum Gasteiger partial charge on any atom is 0.355 e. The highest BCUT2D eigenvalue weighted by atomic mass is 35.5. The Kier molecular flexibility index (Phi) is 6.50. The Hall–Kier alpha value is -3.63. The Morgan fingerprint density at radius 1 is 1.07 bits per heavy atom. The molecule has 0 saturated heterocycles. The predicted octanol–water partition coefficient (Wildman–Crippen LogP) is 4.20. The Balaban J connectivity index is 1.81. The SMILES string of the molecule is COc1ccc(C(=O)NNc2ncnc(Nc3cc(Cl)cc(Cl)c3)c2[N+](=O)[O-])cc1. The predicted molar refractivity (Wildman–Crippen MR) is 113 cm³/mol. The van der Waals surface area contributed by atoms with Crippen molar-refractivity contribution in [3.63, 3.8) is 0 Å². The first kappa shape index (κ1) is 21.1. The number of halogens is 2. The molecule has 0 spiro atoms. The van der Waals surface area contributed by atoms with E-state index in [1.807, 2.05) is 0 Å². The highest BCUT2D eigenvalue weighted by Crippen LogP contribution is 2.32. The fraction of sp³-hybridized carbons (Fsp3) is 0.0556. The summed E-state index contributed by atoms with van der Waals surface area (Å²) >= 11 is 11.9. The zero-order valence-electron chi connectivity index (χ0n) is 15.3. The molecule has 0 fully saturated rings. The molecule has 0 saturated carbocycles. The molecule has 154 valence electrons. The Morgan fingerprint density at radius 3 is 2.30 bits per heavy atom. The third kappa shape index (κ3) is 5.04. The first-order valence-electron chi connectivity index (χ1n) is 8.30. The molecule has 3 rings (SSSR count). The van der Waals surface area contributed by atoms with Crippen LogP contribution in [0.3, 0.4) is 0 Å². The molecule has 2 aromatic carbocycles. The largest absolute Gasteiger partial charge is 0.497 e. The molecule has 10 nitrogen and oxygen atoms in total. The van der Waals surface area contributed by atoms with Gasteiger partial charge in [-0.2, -0.15) is 0 Å². The minimum absolute atomic E-state index is 0.116. The second-order valence-electron chi connectivity index (χ2n) is 5.77. The van der Waals surface area contributed by atoms with Crippen LogP contribution in [-0.2, 0) is 0 Å². The average molecular weight is 449 g/mol. The van der Waals surface area contributed by atoms with Crippen LogP contribution in [0.2, 0.25) is 10.0 Å². The smallest absolute Gasteiger partial charge is 0.355 e. The van der Waals surface area contributed by atoms with E-state index in [1.54, 1.807) is 24.3 Å². The lowest BCUT2D eigenvalue weighted by Crippen LogP contribution is -2.30. The van der Waals surface area contributed by atoms with Gasteiger partial charge in [-0.25, -0.2) is 9.97 Å². The van der Waals surface area contributed by atoms with E-state index in [-0.39, 0.29) is 11.6 Å². The molecule has 3 aromatic rings. The number of hydrogen-bond acceptors (Lipinski definition) is 8. The quantitative estimate of drug-likeness (QED) is 0.361. The van der Waals surface area contributed by atoms with Crippen molar-refractivity contribution in [1.29, 1.82) is 0 Å². The van der Waals surface area contributed by atoms with Gasteiger partial charge in [-0.15, -0.1) is 0 Å². The van der Waals surface area contributed by atoms with Crippen molar-refractivity contribution in [3.05, 3.63) is 74.5 Å². The molecular formula is C18H14Cl2N6O4. The lowest BCUT2D eigenvalue weighted by molar-refractivity contribution is -0.383. The van der Waals surface area contributed by atoms with Crippen molar-refractivity contribution >= 4 is 52.1 Å². The molecule has 0 bridgehead atoms. The molecule has 0 aliphatic heterocycles. The number of nitrogens with zero attached hydrogens (tertiary/aromatic N) is 3. The Bertz CT molecular complexity index is 1070. The maximum absolute atomic E-state index is 12.3.